The van der Waals surface area contributed by atoms with E-state index in [1.165, 1.54) is 0 Å². The van der Waals surface area contributed by atoms with E-state index in [1.54, 1.807) is 13.8 Å². The molecule has 0 N–H and O–H groups in total. The molecule has 0 saturated carbocycles. The smallest absolute Gasteiger partial charge is 0.366 e. The maximum absolute atomic E-state index is 11.7. The van der Waals surface area contributed by atoms with Crippen molar-refractivity contribution in [2.75, 3.05) is 0 Å². The first-order valence-corrected chi connectivity index (χ1v) is 3.06. The van der Waals surface area contributed by atoms with Gasteiger partial charge in [0.05, 0.1) is 6.10 Å². The monoisotopic (exact) mass is 156 g/mol. The zero-order valence-corrected chi connectivity index (χ0v) is 6.20. The topological polar surface area (TPSA) is 9.23 Å². The summed E-state index contributed by atoms with van der Waals surface area (Å²) in [5.74, 6) is 0. The standard InChI is InChI=1S/C6H11F3O/c1-4(2)10-5(3)6(7,8)9/h4-5H,1-3H3/t5-/m0/s1. The average molecular weight is 156 g/mol. The summed E-state index contributed by atoms with van der Waals surface area (Å²) in [6, 6.07) is 0. The van der Waals surface area contributed by atoms with Crippen molar-refractivity contribution >= 4 is 0 Å². The Bertz CT molecular complexity index is 97.7. The van der Waals surface area contributed by atoms with Crippen LogP contribution in [0.2, 0.25) is 0 Å². The second-order valence-corrected chi connectivity index (χ2v) is 2.37. The molecule has 0 aliphatic carbocycles. The van der Waals surface area contributed by atoms with Crippen molar-refractivity contribution in [3.63, 3.8) is 0 Å². The SMILES string of the molecule is CC(C)O[C@@H](C)C(F)(F)F. The third-order valence-corrected chi connectivity index (χ3v) is 0.937. The quantitative estimate of drug-likeness (QED) is 0.596. The van der Waals surface area contributed by atoms with E-state index in [-0.39, 0.29) is 6.10 Å². The van der Waals surface area contributed by atoms with Crippen molar-refractivity contribution in [3.05, 3.63) is 0 Å². The fraction of sp³-hybridized carbons (Fsp3) is 1.00. The molecule has 0 bridgehead atoms. The van der Waals surface area contributed by atoms with E-state index >= 15 is 0 Å². The van der Waals surface area contributed by atoms with Gasteiger partial charge in [0.25, 0.3) is 0 Å². The predicted molar refractivity (Wildman–Crippen MR) is 31.7 cm³/mol. The van der Waals surface area contributed by atoms with Crippen LogP contribution in [0, 0.1) is 0 Å². The zero-order chi connectivity index (χ0) is 8.36. The van der Waals surface area contributed by atoms with Gasteiger partial charge in [-0.25, -0.2) is 0 Å². The molecule has 0 amide bonds. The van der Waals surface area contributed by atoms with Gasteiger partial charge in [0.1, 0.15) is 0 Å². The third-order valence-electron chi connectivity index (χ3n) is 0.937. The predicted octanol–water partition coefficient (Wildman–Crippen LogP) is 2.36. The molecular weight excluding hydrogens is 145 g/mol. The van der Waals surface area contributed by atoms with Crippen LogP contribution in [0.4, 0.5) is 13.2 Å². The normalized spacial score (nSPS) is 15.9. The highest BCUT2D eigenvalue weighted by atomic mass is 19.4. The van der Waals surface area contributed by atoms with Crippen molar-refractivity contribution in [2.45, 2.75) is 39.2 Å². The fourth-order valence-electron chi connectivity index (χ4n) is 0.485. The number of alkyl halides is 3. The fourth-order valence-corrected chi connectivity index (χ4v) is 0.485. The number of ether oxygens (including phenoxy) is 1. The van der Waals surface area contributed by atoms with Gasteiger partial charge in [-0.15, -0.1) is 0 Å². The Morgan fingerprint density at radius 1 is 1.10 bits per heavy atom. The van der Waals surface area contributed by atoms with Crippen molar-refractivity contribution in [1.82, 2.24) is 0 Å². The van der Waals surface area contributed by atoms with Gasteiger partial charge in [-0.05, 0) is 20.8 Å². The minimum absolute atomic E-state index is 0.378. The van der Waals surface area contributed by atoms with Crippen LogP contribution in [0.1, 0.15) is 20.8 Å². The van der Waals surface area contributed by atoms with E-state index in [0.717, 1.165) is 6.92 Å². The molecule has 0 rings (SSSR count). The molecule has 0 fully saturated rings. The molecule has 0 heterocycles. The lowest BCUT2D eigenvalue weighted by Crippen LogP contribution is -2.30. The summed E-state index contributed by atoms with van der Waals surface area (Å²) in [6.07, 6.45) is -6.27. The van der Waals surface area contributed by atoms with Gasteiger partial charge in [0.15, 0.2) is 6.10 Å². The summed E-state index contributed by atoms with van der Waals surface area (Å²) in [5, 5.41) is 0. The number of halogens is 3. The highest BCUT2D eigenvalue weighted by Gasteiger charge is 2.37. The molecule has 1 nitrogen and oxygen atoms in total. The second kappa shape index (κ2) is 3.23. The Hall–Kier alpha value is -0.250. The van der Waals surface area contributed by atoms with E-state index in [1.807, 2.05) is 0 Å². The van der Waals surface area contributed by atoms with Crippen LogP contribution in [-0.4, -0.2) is 18.4 Å². The van der Waals surface area contributed by atoms with E-state index in [4.69, 9.17) is 0 Å². The molecular formula is C6H11F3O. The van der Waals surface area contributed by atoms with Crippen LogP contribution < -0.4 is 0 Å². The Morgan fingerprint density at radius 2 is 1.50 bits per heavy atom. The van der Waals surface area contributed by atoms with Crippen molar-refractivity contribution in [1.29, 1.82) is 0 Å². The third kappa shape index (κ3) is 3.71. The first-order valence-electron chi connectivity index (χ1n) is 3.06. The van der Waals surface area contributed by atoms with Crippen LogP contribution in [0.15, 0.2) is 0 Å². The molecule has 0 aliphatic rings. The van der Waals surface area contributed by atoms with Crippen LogP contribution in [0.25, 0.3) is 0 Å². The van der Waals surface area contributed by atoms with Crippen molar-refractivity contribution in [3.8, 4) is 0 Å². The van der Waals surface area contributed by atoms with Gasteiger partial charge in [-0.2, -0.15) is 13.2 Å². The summed E-state index contributed by atoms with van der Waals surface area (Å²) < 4.78 is 39.5. The lowest BCUT2D eigenvalue weighted by atomic mass is 10.4. The molecule has 0 unspecified atom stereocenters. The van der Waals surface area contributed by atoms with Crippen molar-refractivity contribution in [2.24, 2.45) is 0 Å². The molecule has 62 valence electrons. The molecule has 0 aromatic carbocycles. The first-order chi connectivity index (χ1) is 4.34. The first kappa shape index (κ1) is 9.75. The van der Waals surface area contributed by atoms with Crippen molar-refractivity contribution < 1.29 is 17.9 Å². The molecule has 0 radical (unpaired) electrons. The minimum atomic E-state index is -4.23. The zero-order valence-electron chi connectivity index (χ0n) is 6.20. The van der Waals surface area contributed by atoms with Crippen LogP contribution >= 0.6 is 0 Å². The molecule has 0 saturated heterocycles. The van der Waals surface area contributed by atoms with E-state index in [2.05, 4.69) is 4.74 Å². The van der Waals surface area contributed by atoms with Crippen LogP contribution in [-0.2, 0) is 4.74 Å². The van der Waals surface area contributed by atoms with Gasteiger partial charge in [-0.3, -0.25) is 0 Å². The minimum Gasteiger partial charge on any atom is -0.366 e. The Labute approximate surface area is 58.2 Å². The summed E-state index contributed by atoms with van der Waals surface area (Å²) in [6.45, 7) is 4.14. The molecule has 0 aromatic rings. The lowest BCUT2D eigenvalue weighted by Gasteiger charge is -2.18. The number of rotatable bonds is 2. The molecule has 0 aliphatic heterocycles. The maximum atomic E-state index is 11.7. The average Bonchev–Trinajstić information content (AvgIpc) is 1.60. The Balaban J connectivity index is 3.73. The summed E-state index contributed by atoms with van der Waals surface area (Å²) >= 11 is 0. The molecule has 0 spiro atoms. The second-order valence-electron chi connectivity index (χ2n) is 2.37. The van der Waals surface area contributed by atoms with Gasteiger partial charge in [0.2, 0.25) is 0 Å². The molecule has 10 heavy (non-hydrogen) atoms. The Morgan fingerprint density at radius 3 is 1.60 bits per heavy atom. The van der Waals surface area contributed by atoms with E-state index in [9.17, 15) is 13.2 Å². The highest BCUT2D eigenvalue weighted by molar-refractivity contribution is 4.61. The molecule has 1 atom stereocenters. The Kier molecular flexibility index (Phi) is 3.15. The number of hydrogen-bond donors (Lipinski definition) is 0. The van der Waals surface area contributed by atoms with Gasteiger partial charge >= 0.3 is 6.18 Å². The van der Waals surface area contributed by atoms with Crippen LogP contribution in [0.3, 0.4) is 0 Å². The summed E-state index contributed by atoms with van der Waals surface area (Å²) in [7, 11) is 0. The maximum Gasteiger partial charge on any atom is 0.414 e. The van der Waals surface area contributed by atoms with Gasteiger partial charge < -0.3 is 4.74 Å². The largest absolute Gasteiger partial charge is 0.414 e. The van der Waals surface area contributed by atoms with Gasteiger partial charge in [0, 0.05) is 0 Å². The van der Waals surface area contributed by atoms with E-state index < -0.39 is 12.3 Å². The van der Waals surface area contributed by atoms with Crippen LogP contribution in [0.5, 0.6) is 0 Å². The number of hydrogen-bond acceptors (Lipinski definition) is 1. The highest BCUT2D eigenvalue weighted by Crippen LogP contribution is 2.22. The molecule has 4 heteroatoms. The summed E-state index contributed by atoms with van der Waals surface area (Å²) in [4.78, 5) is 0. The van der Waals surface area contributed by atoms with Gasteiger partial charge in [-0.1, -0.05) is 0 Å². The lowest BCUT2D eigenvalue weighted by molar-refractivity contribution is -0.223. The van der Waals surface area contributed by atoms with E-state index in [0.29, 0.717) is 0 Å². The molecule has 0 aromatic heterocycles. The summed E-state index contributed by atoms with van der Waals surface area (Å²) in [5.41, 5.74) is 0.